The third kappa shape index (κ3) is 6.21. The maximum absolute atomic E-state index is 15.3. The summed E-state index contributed by atoms with van der Waals surface area (Å²) in [6.07, 6.45) is -0.782. The first-order chi connectivity index (χ1) is 17.9. The van der Waals surface area contributed by atoms with Gasteiger partial charge >= 0.3 is 5.97 Å². The van der Waals surface area contributed by atoms with Gasteiger partial charge in [-0.3, -0.25) is 10.2 Å². The van der Waals surface area contributed by atoms with Gasteiger partial charge in [0.25, 0.3) is 0 Å². The molecular formula is C28H35ClFN3O6. The molecule has 39 heavy (non-hydrogen) atoms. The minimum Gasteiger partial charge on any atom is -0.490 e. The Balaban J connectivity index is 0.00000420. The van der Waals surface area contributed by atoms with Crippen LogP contribution in [-0.2, 0) is 16.1 Å². The Morgan fingerprint density at radius 3 is 2.49 bits per heavy atom. The maximum Gasteiger partial charge on any atom is 0.349 e. The number of nitrogens with zero attached hydrogens (tertiary/aromatic N) is 2. The molecule has 1 unspecified atom stereocenters. The van der Waals surface area contributed by atoms with Crippen LogP contribution in [0.4, 0.5) is 10.1 Å². The molecule has 0 radical (unpaired) electrons. The lowest BCUT2D eigenvalue weighted by molar-refractivity contribution is -0.163. The summed E-state index contributed by atoms with van der Waals surface area (Å²) in [6, 6.07) is 6.66. The van der Waals surface area contributed by atoms with Crippen molar-refractivity contribution in [3.8, 4) is 17.2 Å². The number of hydrogen-bond donors (Lipinski definition) is 1. The van der Waals surface area contributed by atoms with Crippen LogP contribution in [0.1, 0.15) is 56.1 Å². The number of anilines is 1. The third-order valence-electron chi connectivity index (χ3n) is 6.18. The lowest BCUT2D eigenvalue weighted by atomic mass is 10.1. The van der Waals surface area contributed by atoms with Crippen LogP contribution in [0.15, 0.2) is 24.3 Å². The van der Waals surface area contributed by atoms with Gasteiger partial charge in [0.05, 0.1) is 37.6 Å². The van der Waals surface area contributed by atoms with Gasteiger partial charge in [0.15, 0.2) is 23.1 Å². The van der Waals surface area contributed by atoms with Crippen molar-refractivity contribution in [3.05, 3.63) is 46.8 Å². The molecule has 1 N–H and O–H groups in total. The maximum atomic E-state index is 15.3. The molecule has 0 spiro atoms. The molecule has 2 aliphatic rings. The summed E-state index contributed by atoms with van der Waals surface area (Å²) in [5.41, 5.74) is 1.15. The number of halogens is 2. The highest BCUT2D eigenvalue weighted by atomic mass is 35.5. The normalized spacial score (nSPS) is 16.1. The Labute approximate surface area is 234 Å². The fourth-order valence-electron chi connectivity index (χ4n) is 4.54. The molecule has 2 aliphatic heterocycles. The van der Waals surface area contributed by atoms with Crippen molar-refractivity contribution >= 4 is 35.7 Å². The van der Waals surface area contributed by atoms with E-state index in [1.165, 1.54) is 4.90 Å². The average molecular weight is 564 g/mol. The molecule has 0 fully saturated rings. The van der Waals surface area contributed by atoms with Gasteiger partial charge in [-0.05, 0) is 64.4 Å². The van der Waals surface area contributed by atoms with E-state index in [1.807, 2.05) is 11.9 Å². The minimum atomic E-state index is -0.782. The van der Waals surface area contributed by atoms with Gasteiger partial charge in [-0.25, -0.2) is 9.18 Å². The van der Waals surface area contributed by atoms with Crippen molar-refractivity contribution in [3.63, 3.8) is 0 Å². The summed E-state index contributed by atoms with van der Waals surface area (Å²) in [6.45, 7) is 9.90. The third-order valence-corrected chi connectivity index (χ3v) is 6.18. The van der Waals surface area contributed by atoms with E-state index in [0.29, 0.717) is 29.2 Å². The molecule has 212 valence electrons. The Bertz CT molecular complexity index is 1280. The van der Waals surface area contributed by atoms with Gasteiger partial charge in [0.2, 0.25) is 6.10 Å². The van der Waals surface area contributed by atoms with Crippen molar-refractivity contribution < 1.29 is 32.9 Å². The van der Waals surface area contributed by atoms with E-state index in [2.05, 4.69) is 0 Å². The number of carbonyl (C=O) groups is 2. The second-order valence-electron chi connectivity index (χ2n) is 10.2. The molecule has 0 saturated heterocycles. The van der Waals surface area contributed by atoms with E-state index in [4.69, 9.17) is 24.4 Å². The molecule has 0 saturated carbocycles. The quantitative estimate of drug-likeness (QED) is 0.367. The van der Waals surface area contributed by atoms with E-state index in [0.717, 1.165) is 0 Å². The summed E-state index contributed by atoms with van der Waals surface area (Å²) in [5.74, 6) is -0.671. The lowest BCUT2D eigenvalue weighted by Crippen LogP contribution is -2.45. The molecule has 0 bridgehead atoms. The molecule has 11 heteroatoms. The predicted octanol–water partition coefficient (Wildman–Crippen LogP) is 4.61. The lowest BCUT2D eigenvalue weighted by Gasteiger charge is -2.34. The van der Waals surface area contributed by atoms with Crippen LogP contribution in [-0.4, -0.2) is 67.5 Å². The Morgan fingerprint density at radius 2 is 1.85 bits per heavy atom. The molecule has 2 aromatic carbocycles. The van der Waals surface area contributed by atoms with Crippen LogP contribution < -0.4 is 19.1 Å². The van der Waals surface area contributed by atoms with Crippen molar-refractivity contribution in [2.75, 3.05) is 38.3 Å². The molecule has 9 nitrogen and oxygen atoms in total. The SMILES string of the molecule is CCOc1cc2c(c(F)c1OCC)C(=N)N(CC(=O)c1ccc3c(c1)N(C)CC(C(=O)OC(C)(C)C)O3)C2.Cl. The minimum absolute atomic E-state index is 0. The number of likely N-dealkylation sites (N-methyl/N-ethyl adjacent to an activating group) is 1. The number of esters is 1. The second kappa shape index (κ2) is 11.7. The van der Waals surface area contributed by atoms with Crippen molar-refractivity contribution in [2.45, 2.75) is 52.9 Å². The van der Waals surface area contributed by atoms with Crippen molar-refractivity contribution in [1.29, 1.82) is 5.41 Å². The van der Waals surface area contributed by atoms with Crippen LogP contribution in [0, 0.1) is 11.2 Å². The fraction of sp³-hybridized carbons (Fsp3) is 0.464. The van der Waals surface area contributed by atoms with Gasteiger partial charge in [-0.15, -0.1) is 12.4 Å². The molecular weight excluding hydrogens is 529 g/mol. The number of nitrogens with one attached hydrogen (secondary N) is 1. The van der Waals surface area contributed by atoms with E-state index in [9.17, 15) is 9.59 Å². The zero-order valence-corrected chi connectivity index (χ0v) is 23.9. The van der Waals surface area contributed by atoms with E-state index in [1.54, 1.807) is 58.9 Å². The highest BCUT2D eigenvalue weighted by Crippen LogP contribution is 2.39. The predicted molar refractivity (Wildman–Crippen MR) is 148 cm³/mol. The zero-order valence-electron chi connectivity index (χ0n) is 23.1. The summed E-state index contributed by atoms with van der Waals surface area (Å²) in [5, 5.41) is 8.56. The topological polar surface area (TPSA) is 101 Å². The van der Waals surface area contributed by atoms with Gasteiger partial charge in [-0.1, -0.05) is 0 Å². The first-order valence-corrected chi connectivity index (χ1v) is 12.7. The number of fused-ring (bicyclic) bond motifs is 2. The van der Waals surface area contributed by atoms with Gasteiger partial charge in [0, 0.05) is 19.2 Å². The molecule has 0 aliphatic carbocycles. The largest absolute Gasteiger partial charge is 0.490 e. The molecule has 0 aromatic heterocycles. The van der Waals surface area contributed by atoms with Crippen LogP contribution in [0.5, 0.6) is 17.2 Å². The van der Waals surface area contributed by atoms with Gasteiger partial charge in [0.1, 0.15) is 17.2 Å². The molecule has 0 amide bonds. The monoisotopic (exact) mass is 563 g/mol. The highest BCUT2D eigenvalue weighted by Gasteiger charge is 2.35. The molecule has 4 rings (SSSR count). The summed E-state index contributed by atoms with van der Waals surface area (Å²) in [4.78, 5) is 29.1. The molecule has 2 heterocycles. The van der Waals surface area contributed by atoms with Gasteiger partial charge in [-0.2, -0.15) is 0 Å². The number of benzene rings is 2. The Morgan fingerprint density at radius 1 is 1.15 bits per heavy atom. The Kier molecular flexibility index (Phi) is 9.00. The highest BCUT2D eigenvalue weighted by molar-refractivity contribution is 6.06. The zero-order chi connectivity index (χ0) is 27.8. The number of ketones is 1. The summed E-state index contributed by atoms with van der Waals surface area (Å²) >= 11 is 0. The van der Waals surface area contributed by atoms with Crippen molar-refractivity contribution in [1.82, 2.24) is 4.90 Å². The first kappa shape index (κ1) is 30.0. The van der Waals surface area contributed by atoms with Crippen LogP contribution in [0.3, 0.4) is 0 Å². The fourth-order valence-corrected chi connectivity index (χ4v) is 4.54. The number of rotatable bonds is 8. The summed E-state index contributed by atoms with van der Waals surface area (Å²) < 4.78 is 37.7. The van der Waals surface area contributed by atoms with Crippen LogP contribution in [0.25, 0.3) is 0 Å². The molecule has 2 aromatic rings. The van der Waals surface area contributed by atoms with Crippen LogP contribution >= 0.6 is 12.4 Å². The standard InChI is InChI=1S/C28H34FN3O6.ClH/c1-7-35-21-12-17-13-32(26(30)23(17)24(29)25(21)36-8-2)14-19(33)16-9-10-20-18(11-16)31(6)15-22(37-20)27(34)38-28(3,4)5;/h9-12,22,30H,7-8,13-15H2,1-6H3;1H. The van der Waals surface area contributed by atoms with E-state index in [-0.39, 0.29) is 67.3 Å². The Hall–Kier alpha value is -3.53. The number of carbonyl (C=O) groups excluding carboxylic acids is 2. The number of hydrogen-bond acceptors (Lipinski definition) is 8. The van der Waals surface area contributed by atoms with Crippen LogP contribution in [0.2, 0.25) is 0 Å². The second-order valence-corrected chi connectivity index (χ2v) is 10.2. The summed E-state index contributed by atoms with van der Waals surface area (Å²) in [7, 11) is 1.81. The molecule has 1 atom stereocenters. The smallest absolute Gasteiger partial charge is 0.349 e. The van der Waals surface area contributed by atoms with Crippen molar-refractivity contribution in [2.24, 2.45) is 0 Å². The average Bonchev–Trinajstić information content (AvgIpc) is 3.15. The van der Waals surface area contributed by atoms with E-state index >= 15 is 4.39 Å². The van der Waals surface area contributed by atoms with Gasteiger partial charge < -0.3 is 28.7 Å². The first-order valence-electron chi connectivity index (χ1n) is 12.7. The van der Waals surface area contributed by atoms with E-state index < -0.39 is 23.5 Å². The number of ether oxygens (including phenoxy) is 4. The number of amidine groups is 1. The number of Topliss-reactive ketones (excluding diaryl/α,β-unsaturated/α-hetero) is 1.